The maximum atomic E-state index is 10.9. The van der Waals surface area contributed by atoms with Gasteiger partial charge in [-0.05, 0) is 11.6 Å². The van der Waals surface area contributed by atoms with Crippen LogP contribution in [-0.2, 0) is 4.79 Å². The van der Waals surface area contributed by atoms with Gasteiger partial charge in [-0.15, -0.1) is 0 Å². The topological polar surface area (TPSA) is 63.1 Å². The minimum atomic E-state index is -0.827. The Morgan fingerprint density at radius 1 is 1.17 bits per heavy atom. The predicted molar refractivity (Wildman–Crippen MR) is 69.3 cm³/mol. The quantitative estimate of drug-likeness (QED) is 0.661. The summed E-state index contributed by atoms with van der Waals surface area (Å²) in [6, 6.07) is 11.3. The van der Waals surface area contributed by atoms with Crippen LogP contribution in [0.2, 0.25) is 0 Å². The van der Waals surface area contributed by atoms with Gasteiger partial charge in [-0.3, -0.25) is 4.79 Å². The fraction of sp³-hybridized carbons (Fsp3) is 0.154. The first-order valence-electron chi connectivity index (χ1n) is 5.46. The molecule has 0 amide bonds. The molecule has 92 valence electrons. The molecule has 1 aromatic heterocycles. The summed E-state index contributed by atoms with van der Waals surface area (Å²) in [4.78, 5) is 19.1. The van der Waals surface area contributed by atoms with E-state index in [1.165, 1.54) is 11.8 Å². The summed E-state index contributed by atoms with van der Waals surface area (Å²) in [5.41, 5.74) is 0.970. The zero-order valence-corrected chi connectivity index (χ0v) is 10.4. The lowest BCUT2D eigenvalue weighted by Gasteiger charge is -2.13. The molecule has 0 spiro atoms. The molecule has 4 nitrogen and oxygen atoms in total. The van der Waals surface area contributed by atoms with E-state index in [0.717, 1.165) is 5.56 Å². The average Bonchev–Trinajstić information content (AvgIpc) is 2.40. The standard InChI is InChI=1S/C13H12N2O2S/c16-12(17)9-11(10-5-2-1-3-6-10)18-13-14-7-4-8-15-13/h1-8,11H,9H2,(H,16,17). The minimum Gasteiger partial charge on any atom is -0.481 e. The van der Waals surface area contributed by atoms with Crippen LogP contribution in [0.5, 0.6) is 0 Å². The Balaban J connectivity index is 2.18. The summed E-state index contributed by atoms with van der Waals surface area (Å²) in [6.07, 6.45) is 3.35. The Kier molecular flexibility index (Phi) is 4.30. The van der Waals surface area contributed by atoms with Crippen molar-refractivity contribution in [3.8, 4) is 0 Å². The summed E-state index contributed by atoms with van der Waals surface area (Å²) >= 11 is 1.37. The van der Waals surface area contributed by atoms with Gasteiger partial charge < -0.3 is 5.11 Å². The molecule has 0 aliphatic rings. The molecule has 1 aromatic carbocycles. The Hall–Kier alpha value is -1.88. The second-order valence-electron chi connectivity index (χ2n) is 3.65. The van der Waals surface area contributed by atoms with Gasteiger partial charge in [0.2, 0.25) is 0 Å². The molecule has 0 saturated carbocycles. The molecule has 1 unspecified atom stereocenters. The van der Waals surface area contributed by atoms with Crippen molar-refractivity contribution in [2.75, 3.05) is 0 Å². The van der Waals surface area contributed by atoms with Gasteiger partial charge in [0, 0.05) is 17.6 Å². The van der Waals surface area contributed by atoms with Gasteiger partial charge in [-0.1, -0.05) is 42.1 Å². The average molecular weight is 260 g/mol. The van der Waals surface area contributed by atoms with Gasteiger partial charge in [-0.2, -0.15) is 0 Å². The fourth-order valence-corrected chi connectivity index (χ4v) is 2.54. The van der Waals surface area contributed by atoms with Crippen molar-refractivity contribution >= 4 is 17.7 Å². The predicted octanol–water partition coefficient (Wildman–Crippen LogP) is 2.78. The fourth-order valence-electron chi connectivity index (χ4n) is 1.53. The number of aromatic nitrogens is 2. The van der Waals surface area contributed by atoms with E-state index in [1.807, 2.05) is 30.3 Å². The molecule has 5 heteroatoms. The van der Waals surface area contributed by atoms with Crippen LogP contribution in [0.4, 0.5) is 0 Å². The molecular weight excluding hydrogens is 248 g/mol. The van der Waals surface area contributed by atoms with E-state index in [1.54, 1.807) is 18.5 Å². The van der Waals surface area contributed by atoms with Crippen molar-refractivity contribution < 1.29 is 9.90 Å². The third-order valence-corrected chi connectivity index (χ3v) is 3.47. The van der Waals surface area contributed by atoms with E-state index in [0.29, 0.717) is 5.16 Å². The Labute approximate surface area is 109 Å². The molecule has 2 rings (SSSR count). The SMILES string of the molecule is O=C(O)CC(Sc1ncccn1)c1ccccc1. The number of nitrogens with zero attached hydrogens (tertiary/aromatic N) is 2. The van der Waals surface area contributed by atoms with Crippen molar-refractivity contribution in [2.24, 2.45) is 0 Å². The normalized spacial score (nSPS) is 12.0. The summed E-state index contributed by atoms with van der Waals surface area (Å²) in [5, 5.41) is 9.38. The van der Waals surface area contributed by atoms with Gasteiger partial charge in [0.1, 0.15) is 0 Å². The number of carboxylic acids is 1. The van der Waals surface area contributed by atoms with Crippen LogP contribution < -0.4 is 0 Å². The molecule has 2 aromatic rings. The summed E-state index contributed by atoms with van der Waals surface area (Å²) < 4.78 is 0. The highest BCUT2D eigenvalue weighted by Gasteiger charge is 2.17. The Bertz CT molecular complexity index is 505. The first kappa shape index (κ1) is 12.6. The molecule has 0 aliphatic heterocycles. The second kappa shape index (κ2) is 6.16. The summed E-state index contributed by atoms with van der Waals surface area (Å²) in [7, 11) is 0. The van der Waals surface area contributed by atoms with Crippen LogP contribution in [-0.4, -0.2) is 21.0 Å². The zero-order valence-electron chi connectivity index (χ0n) is 9.56. The van der Waals surface area contributed by atoms with Gasteiger partial charge in [0.05, 0.1) is 6.42 Å². The molecule has 18 heavy (non-hydrogen) atoms. The number of hydrogen-bond acceptors (Lipinski definition) is 4. The van der Waals surface area contributed by atoms with Crippen LogP contribution in [0.1, 0.15) is 17.2 Å². The number of aliphatic carboxylic acids is 1. The molecule has 0 fully saturated rings. The third kappa shape index (κ3) is 3.56. The Morgan fingerprint density at radius 3 is 2.44 bits per heavy atom. The number of benzene rings is 1. The number of thioether (sulfide) groups is 1. The van der Waals surface area contributed by atoms with Crippen molar-refractivity contribution in [3.63, 3.8) is 0 Å². The smallest absolute Gasteiger partial charge is 0.304 e. The van der Waals surface area contributed by atoms with E-state index >= 15 is 0 Å². The highest BCUT2D eigenvalue weighted by atomic mass is 32.2. The van der Waals surface area contributed by atoms with Gasteiger partial charge in [-0.25, -0.2) is 9.97 Å². The van der Waals surface area contributed by atoms with Crippen LogP contribution in [0.25, 0.3) is 0 Å². The second-order valence-corrected chi connectivity index (χ2v) is 4.82. The zero-order chi connectivity index (χ0) is 12.8. The first-order chi connectivity index (χ1) is 8.75. The number of rotatable bonds is 5. The molecule has 1 heterocycles. The lowest BCUT2D eigenvalue weighted by atomic mass is 10.1. The first-order valence-corrected chi connectivity index (χ1v) is 6.34. The largest absolute Gasteiger partial charge is 0.481 e. The third-order valence-electron chi connectivity index (χ3n) is 2.32. The van der Waals surface area contributed by atoms with E-state index in [4.69, 9.17) is 5.11 Å². The van der Waals surface area contributed by atoms with Crippen molar-refractivity contribution in [1.29, 1.82) is 0 Å². The molecule has 1 atom stereocenters. The monoisotopic (exact) mass is 260 g/mol. The van der Waals surface area contributed by atoms with Crippen molar-refractivity contribution in [2.45, 2.75) is 16.8 Å². The van der Waals surface area contributed by atoms with Crippen LogP contribution in [0, 0.1) is 0 Å². The van der Waals surface area contributed by atoms with E-state index in [9.17, 15) is 4.79 Å². The highest BCUT2D eigenvalue weighted by molar-refractivity contribution is 7.99. The lowest BCUT2D eigenvalue weighted by molar-refractivity contribution is -0.137. The van der Waals surface area contributed by atoms with Crippen LogP contribution in [0.15, 0.2) is 53.9 Å². The van der Waals surface area contributed by atoms with Gasteiger partial charge in [0.25, 0.3) is 0 Å². The summed E-state index contributed by atoms with van der Waals surface area (Å²) in [5.74, 6) is -0.827. The van der Waals surface area contributed by atoms with Crippen LogP contribution in [0.3, 0.4) is 0 Å². The molecule has 1 N–H and O–H groups in total. The number of carbonyl (C=O) groups is 1. The van der Waals surface area contributed by atoms with E-state index in [2.05, 4.69) is 9.97 Å². The van der Waals surface area contributed by atoms with E-state index < -0.39 is 5.97 Å². The van der Waals surface area contributed by atoms with Crippen LogP contribution >= 0.6 is 11.8 Å². The van der Waals surface area contributed by atoms with Gasteiger partial charge >= 0.3 is 5.97 Å². The Morgan fingerprint density at radius 2 is 1.83 bits per heavy atom. The van der Waals surface area contributed by atoms with Crippen molar-refractivity contribution in [3.05, 3.63) is 54.4 Å². The molecule has 0 radical (unpaired) electrons. The minimum absolute atomic E-state index is 0.0485. The lowest BCUT2D eigenvalue weighted by Crippen LogP contribution is -2.04. The maximum Gasteiger partial charge on any atom is 0.304 e. The molecule has 0 saturated heterocycles. The molecule has 0 aliphatic carbocycles. The number of carboxylic acid groups (broad SMARTS) is 1. The highest BCUT2D eigenvalue weighted by Crippen LogP contribution is 2.35. The molecule has 0 bridgehead atoms. The van der Waals surface area contributed by atoms with E-state index in [-0.39, 0.29) is 11.7 Å². The maximum absolute atomic E-state index is 10.9. The summed E-state index contributed by atoms with van der Waals surface area (Å²) in [6.45, 7) is 0. The molecular formula is C13H12N2O2S. The van der Waals surface area contributed by atoms with Crippen molar-refractivity contribution in [1.82, 2.24) is 9.97 Å². The number of hydrogen-bond donors (Lipinski definition) is 1. The van der Waals surface area contributed by atoms with Gasteiger partial charge in [0.15, 0.2) is 5.16 Å².